The van der Waals surface area contributed by atoms with E-state index in [4.69, 9.17) is 15.2 Å². The maximum absolute atomic E-state index is 5.93. The van der Waals surface area contributed by atoms with Crippen molar-refractivity contribution in [2.24, 2.45) is 5.73 Å². The zero-order valence-corrected chi connectivity index (χ0v) is 10.1. The van der Waals surface area contributed by atoms with Crippen LogP contribution in [0.2, 0.25) is 0 Å². The lowest BCUT2D eigenvalue weighted by atomic mass is 10.1. The zero-order valence-electron chi connectivity index (χ0n) is 10.1. The van der Waals surface area contributed by atoms with E-state index < -0.39 is 0 Å². The number of hydrogen-bond donors (Lipinski definition) is 1. The molecule has 4 nitrogen and oxygen atoms in total. The van der Waals surface area contributed by atoms with Gasteiger partial charge in [0.2, 0.25) is 0 Å². The summed E-state index contributed by atoms with van der Waals surface area (Å²) in [5, 5.41) is 0. The number of hydrogen-bond acceptors (Lipinski definition) is 4. The topological polar surface area (TPSA) is 47.7 Å². The molecule has 0 aromatic carbocycles. The van der Waals surface area contributed by atoms with Gasteiger partial charge in [-0.05, 0) is 38.6 Å². The van der Waals surface area contributed by atoms with Crippen molar-refractivity contribution in [2.45, 2.75) is 44.4 Å². The molecule has 0 aromatic rings. The Morgan fingerprint density at radius 1 is 1.25 bits per heavy atom. The monoisotopic (exact) mass is 228 g/mol. The standard InChI is InChI=1S/C12H24N2O2/c13-11-4-3-6-14(10-11)7-9-16-12-5-1-2-8-15-12/h11-12H,1-10,13H2/t11-,12?/m1/s1. The van der Waals surface area contributed by atoms with Crippen LogP contribution in [0.4, 0.5) is 0 Å². The van der Waals surface area contributed by atoms with Crippen LogP contribution in [0.3, 0.4) is 0 Å². The summed E-state index contributed by atoms with van der Waals surface area (Å²) in [6.07, 6.45) is 5.91. The van der Waals surface area contributed by atoms with Crippen molar-refractivity contribution in [1.29, 1.82) is 0 Å². The van der Waals surface area contributed by atoms with Crippen LogP contribution in [0.25, 0.3) is 0 Å². The summed E-state index contributed by atoms with van der Waals surface area (Å²) >= 11 is 0. The second-order valence-electron chi connectivity index (χ2n) is 4.87. The van der Waals surface area contributed by atoms with Crippen LogP contribution in [-0.4, -0.2) is 50.1 Å². The molecule has 0 saturated carbocycles. The van der Waals surface area contributed by atoms with E-state index in [1.54, 1.807) is 0 Å². The quantitative estimate of drug-likeness (QED) is 0.778. The smallest absolute Gasteiger partial charge is 0.157 e. The van der Waals surface area contributed by atoms with Gasteiger partial charge in [0.05, 0.1) is 6.61 Å². The highest BCUT2D eigenvalue weighted by molar-refractivity contribution is 4.74. The van der Waals surface area contributed by atoms with Gasteiger partial charge in [-0.15, -0.1) is 0 Å². The Bertz CT molecular complexity index is 195. The Balaban J connectivity index is 1.56. The van der Waals surface area contributed by atoms with E-state index in [9.17, 15) is 0 Å². The predicted molar refractivity (Wildman–Crippen MR) is 63.2 cm³/mol. The highest BCUT2D eigenvalue weighted by Crippen LogP contribution is 2.14. The van der Waals surface area contributed by atoms with Crippen LogP contribution in [0.15, 0.2) is 0 Å². The summed E-state index contributed by atoms with van der Waals surface area (Å²) in [5.41, 5.74) is 5.93. The molecule has 1 unspecified atom stereocenters. The van der Waals surface area contributed by atoms with Gasteiger partial charge in [0, 0.05) is 25.7 Å². The average Bonchev–Trinajstić information content (AvgIpc) is 2.30. The summed E-state index contributed by atoms with van der Waals surface area (Å²) in [7, 11) is 0. The molecule has 2 N–H and O–H groups in total. The van der Waals surface area contributed by atoms with Crippen molar-refractivity contribution in [3.63, 3.8) is 0 Å². The van der Waals surface area contributed by atoms with Crippen molar-refractivity contribution in [1.82, 2.24) is 4.90 Å². The minimum absolute atomic E-state index is 0.0483. The molecular weight excluding hydrogens is 204 g/mol. The Hall–Kier alpha value is -0.160. The molecule has 0 radical (unpaired) electrons. The Morgan fingerprint density at radius 3 is 2.94 bits per heavy atom. The molecule has 0 aromatic heterocycles. The van der Waals surface area contributed by atoms with Crippen molar-refractivity contribution < 1.29 is 9.47 Å². The van der Waals surface area contributed by atoms with Gasteiger partial charge in [0.15, 0.2) is 6.29 Å². The number of piperidine rings is 1. The number of nitrogens with zero attached hydrogens (tertiary/aromatic N) is 1. The second kappa shape index (κ2) is 6.55. The maximum atomic E-state index is 5.93. The molecule has 2 saturated heterocycles. The third-order valence-corrected chi connectivity index (χ3v) is 3.39. The van der Waals surface area contributed by atoms with Crippen LogP contribution in [0.5, 0.6) is 0 Å². The van der Waals surface area contributed by atoms with Gasteiger partial charge in [-0.25, -0.2) is 0 Å². The summed E-state index contributed by atoms with van der Waals surface area (Å²) < 4.78 is 11.2. The molecule has 2 rings (SSSR count). The van der Waals surface area contributed by atoms with Crippen LogP contribution in [-0.2, 0) is 9.47 Å². The summed E-state index contributed by atoms with van der Waals surface area (Å²) in [5.74, 6) is 0. The second-order valence-corrected chi connectivity index (χ2v) is 4.87. The van der Waals surface area contributed by atoms with Crippen LogP contribution < -0.4 is 5.73 Å². The summed E-state index contributed by atoms with van der Waals surface area (Å²) in [4.78, 5) is 2.40. The van der Waals surface area contributed by atoms with E-state index in [0.29, 0.717) is 6.04 Å². The van der Waals surface area contributed by atoms with Crippen LogP contribution >= 0.6 is 0 Å². The minimum atomic E-state index is 0.0483. The summed E-state index contributed by atoms with van der Waals surface area (Å²) in [6.45, 7) is 4.82. The first-order valence-corrected chi connectivity index (χ1v) is 6.56. The molecule has 0 spiro atoms. The molecule has 2 aliphatic rings. The third-order valence-electron chi connectivity index (χ3n) is 3.39. The molecule has 2 heterocycles. The molecule has 0 amide bonds. The minimum Gasteiger partial charge on any atom is -0.353 e. The SMILES string of the molecule is N[C@@H]1CCCN(CCOC2CCCCO2)C1. The number of rotatable bonds is 4. The molecule has 16 heavy (non-hydrogen) atoms. The Labute approximate surface area is 98.1 Å². The third kappa shape index (κ3) is 4.01. The van der Waals surface area contributed by atoms with Gasteiger partial charge in [-0.3, -0.25) is 4.90 Å². The number of likely N-dealkylation sites (tertiary alicyclic amines) is 1. The summed E-state index contributed by atoms with van der Waals surface area (Å²) in [6, 6.07) is 0.361. The fraction of sp³-hybridized carbons (Fsp3) is 1.00. The van der Waals surface area contributed by atoms with Crippen LogP contribution in [0.1, 0.15) is 32.1 Å². The van der Waals surface area contributed by atoms with Crippen molar-refractivity contribution in [3.05, 3.63) is 0 Å². The first-order valence-electron chi connectivity index (χ1n) is 6.56. The fourth-order valence-corrected chi connectivity index (χ4v) is 2.45. The Kier molecular flexibility index (Phi) is 5.03. The van der Waals surface area contributed by atoms with Crippen molar-refractivity contribution >= 4 is 0 Å². The van der Waals surface area contributed by atoms with Gasteiger partial charge < -0.3 is 15.2 Å². The van der Waals surface area contributed by atoms with Crippen molar-refractivity contribution in [3.8, 4) is 0 Å². The first-order chi connectivity index (χ1) is 7.84. The van der Waals surface area contributed by atoms with E-state index >= 15 is 0 Å². The van der Waals surface area contributed by atoms with Gasteiger partial charge in [-0.1, -0.05) is 0 Å². The highest BCUT2D eigenvalue weighted by atomic mass is 16.7. The van der Waals surface area contributed by atoms with E-state index in [1.165, 1.54) is 32.2 Å². The molecule has 0 aliphatic carbocycles. The van der Waals surface area contributed by atoms with Crippen LogP contribution in [0, 0.1) is 0 Å². The molecule has 2 aliphatic heterocycles. The van der Waals surface area contributed by atoms with E-state index in [0.717, 1.165) is 32.7 Å². The predicted octanol–water partition coefficient (Wildman–Crippen LogP) is 0.953. The maximum Gasteiger partial charge on any atom is 0.157 e. The van der Waals surface area contributed by atoms with Gasteiger partial charge in [0.1, 0.15) is 0 Å². The largest absolute Gasteiger partial charge is 0.353 e. The first kappa shape index (κ1) is 12.3. The lowest BCUT2D eigenvalue weighted by Gasteiger charge is -2.31. The van der Waals surface area contributed by atoms with E-state index in [2.05, 4.69) is 4.90 Å². The molecule has 0 bridgehead atoms. The molecule has 2 atom stereocenters. The number of nitrogens with two attached hydrogens (primary N) is 1. The van der Waals surface area contributed by atoms with Gasteiger partial charge in [-0.2, -0.15) is 0 Å². The molecule has 2 fully saturated rings. The normalized spacial score (nSPS) is 32.8. The average molecular weight is 228 g/mol. The van der Waals surface area contributed by atoms with E-state index in [1.807, 2.05) is 0 Å². The molecule has 4 heteroatoms. The number of ether oxygens (including phenoxy) is 2. The highest BCUT2D eigenvalue weighted by Gasteiger charge is 2.18. The fourth-order valence-electron chi connectivity index (χ4n) is 2.45. The molecular formula is C12H24N2O2. The molecule has 94 valence electrons. The van der Waals surface area contributed by atoms with Gasteiger partial charge in [0.25, 0.3) is 0 Å². The van der Waals surface area contributed by atoms with Crippen molar-refractivity contribution in [2.75, 3.05) is 32.8 Å². The van der Waals surface area contributed by atoms with E-state index in [-0.39, 0.29) is 6.29 Å². The lowest BCUT2D eigenvalue weighted by Crippen LogP contribution is -2.44. The van der Waals surface area contributed by atoms with Gasteiger partial charge >= 0.3 is 0 Å². The Morgan fingerprint density at radius 2 is 2.19 bits per heavy atom. The zero-order chi connectivity index (χ0) is 11.2. The lowest BCUT2D eigenvalue weighted by molar-refractivity contribution is -0.164.